The van der Waals surface area contributed by atoms with E-state index in [9.17, 15) is 9.00 Å². The summed E-state index contributed by atoms with van der Waals surface area (Å²) >= 11 is 8.70. The van der Waals surface area contributed by atoms with Crippen LogP contribution >= 0.6 is 34.7 Å². The van der Waals surface area contributed by atoms with Crippen LogP contribution < -0.4 is 0 Å². The zero-order chi connectivity index (χ0) is 14.0. The van der Waals surface area contributed by atoms with Crippen molar-refractivity contribution in [3.8, 4) is 0 Å². The second-order valence-electron chi connectivity index (χ2n) is 3.17. The number of rotatable bonds is 5. The molecule has 0 N–H and O–H groups in total. The van der Waals surface area contributed by atoms with Gasteiger partial charge in [0.05, 0.1) is 22.4 Å². The Hall–Kier alpha value is -0.0400. The summed E-state index contributed by atoms with van der Waals surface area (Å²) in [4.78, 5) is 11.9. The molecule has 3 nitrogen and oxygen atoms in total. The number of thioether (sulfide) groups is 1. The third-order valence-corrected chi connectivity index (χ3v) is 5.04. The highest BCUT2D eigenvalue weighted by Gasteiger charge is 2.05. The van der Waals surface area contributed by atoms with Crippen LogP contribution in [0.1, 0.15) is 11.8 Å². The lowest BCUT2D eigenvalue weighted by Gasteiger charge is -1.97. The van der Waals surface area contributed by atoms with Gasteiger partial charge in [0.15, 0.2) is 0 Å². The van der Waals surface area contributed by atoms with E-state index in [1.165, 1.54) is 11.3 Å². The van der Waals surface area contributed by atoms with Crippen LogP contribution in [-0.2, 0) is 26.8 Å². The minimum atomic E-state index is -0.603. The molecule has 0 aliphatic carbocycles. The summed E-state index contributed by atoms with van der Waals surface area (Å²) in [6.07, 6.45) is 3.98. The summed E-state index contributed by atoms with van der Waals surface area (Å²) in [5, 5.41) is 0.764. The van der Waals surface area contributed by atoms with Crippen molar-refractivity contribution in [2.24, 2.45) is 0 Å². The largest absolute Gasteiger partial charge is 0.466 e. The fourth-order valence-electron chi connectivity index (χ4n) is 0.967. The molecule has 0 radical (unpaired) electrons. The van der Waals surface area contributed by atoms with E-state index in [0.717, 1.165) is 9.96 Å². The number of ether oxygens (including phenoxy) is 1. The minimum absolute atomic E-state index is 0.198. The molecular weight excluding hydrogens is 312 g/mol. The second kappa shape index (κ2) is 10.8. The van der Waals surface area contributed by atoms with E-state index in [1.54, 1.807) is 31.0 Å². The molecule has 0 bridgehead atoms. The highest BCUT2D eigenvalue weighted by molar-refractivity contribution is 8.09. The summed E-state index contributed by atoms with van der Waals surface area (Å²) in [5.74, 6) is -0.198. The molecule has 1 heterocycles. The molecule has 0 fully saturated rings. The van der Waals surface area contributed by atoms with Crippen LogP contribution in [0.25, 0.3) is 0 Å². The van der Waals surface area contributed by atoms with E-state index in [1.807, 2.05) is 12.3 Å². The molecule has 104 valence electrons. The number of carbonyl (C=O) groups excluding carboxylic acids is 1. The summed E-state index contributed by atoms with van der Waals surface area (Å²) in [5.41, 5.74) is 0. The van der Waals surface area contributed by atoms with Crippen molar-refractivity contribution in [3.05, 3.63) is 21.3 Å². The summed E-state index contributed by atoms with van der Waals surface area (Å²) in [6.45, 7) is 2.22. The van der Waals surface area contributed by atoms with Crippen molar-refractivity contribution in [2.75, 3.05) is 24.2 Å². The van der Waals surface area contributed by atoms with Crippen molar-refractivity contribution < 1.29 is 13.7 Å². The van der Waals surface area contributed by atoms with Gasteiger partial charge in [0, 0.05) is 21.9 Å². The summed E-state index contributed by atoms with van der Waals surface area (Å²) < 4.78 is 15.6. The molecule has 1 aromatic rings. The first-order chi connectivity index (χ1) is 8.49. The number of thiophene rings is 1. The zero-order valence-corrected chi connectivity index (χ0v) is 13.8. The van der Waals surface area contributed by atoms with Crippen LogP contribution in [0.2, 0.25) is 4.34 Å². The minimum Gasteiger partial charge on any atom is -0.466 e. The molecule has 0 aromatic carbocycles. The van der Waals surface area contributed by atoms with Gasteiger partial charge in [-0.15, -0.1) is 11.3 Å². The standard InChI is InChI=1S/C8H9ClO2S.C3H8OS2/c1-2-11-8(10)5-6-3-4-7(9)12-6;1-5-3-6(2)4/h3-4H,2,5H2,1H3;3H2,1-2H3. The summed E-state index contributed by atoms with van der Waals surface area (Å²) in [7, 11) is -0.603. The van der Waals surface area contributed by atoms with Gasteiger partial charge in [-0.3, -0.25) is 9.00 Å². The Morgan fingerprint density at radius 3 is 2.56 bits per heavy atom. The lowest BCUT2D eigenvalue weighted by Crippen LogP contribution is -2.05. The van der Waals surface area contributed by atoms with Gasteiger partial charge in [0.2, 0.25) is 0 Å². The van der Waals surface area contributed by atoms with Crippen molar-refractivity contribution in [1.29, 1.82) is 0 Å². The lowest BCUT2D eigenvalue weighted by atomic mass is 10.3. The smallest absolute Gasteiger partial charge is 0.311 e. The molecule has 1 unspecified atom stereocenters. The number of hydrogen-bond acceptors (Lipinski definition) is 5. The maximum absolute atomic E-state index is 11.0. The molecule has 18 heavy (non-hydrogen) atoms. The van der Waals surface area contributed by atoms with Crippen molar-refractivity contribution in [2.45, 2.75) is 13.3 Å². The normalized spacial score (nSPS) is 11.3. The first-order valence-electron chi connectivity index (χ1n) is 5.18. The monoisotopic (exact) mass is 328 g/mol. The fraction of sp³-hybridized carbons (Fsp3) is 0.545. The molecule has 0 saturated carbocycles. The molecule has 1 rings (SSSR count). The first kappa shape index (κ1) is 18.0. The Morgan fingerprint density at radius 1 is 1.56 bits per heavy atom. The van der Waals surface area contributed by atoms with Gasteiger partial charge >= 0.3 is 5.97 Å². The van der Waals surface area contributed by atoms with Gasteiger partial charge in [-0.2, -0.15) is 11.8 Å². The molecule has 1 atom stereocenters. The van der Waals surface area contributed by atoms with Crippen LogP contribution in [-0.4, -0.2) is 34.4 Å². The number of halogens is 1. The van der Waals surface area contributed by atoms with E-state index < -0.39 is 10.8 Å². The van der Waals surface area contributed by atoms with Crippen molar-refractivity contribution in [1.82, 2.24) is 0 Å². The maximum atomic E-state index is 11.0. The fourth-order valence-corrected chi connectivity index (χ4v) is 3.37. The Morgan fingerprint density at radius 2 is 2.22 bits per heavy atom. The van der Waals surface area contributed by atoms with E-state index in [-0.39, 0.29) is 5.97 Å². The number of esters is 1. The second-order valence-corrected chi connectivity index (χ2v) is 7.63. The third kappa shape index (κ3) is 9.94. The van der Waals surface area contributed by atoms with Crippen LogP contribution in [0, 0.1) is 0 Å². The van der Waals surface area contributed by atoms with Crippen molar-refractivity contribution >= 4 is 51.5 Å². The van der Waals surface area contributed by atoms with Gasteiger partial charge in [-0.1, -0.05) is 11.6 Å². The van der Waals surface area contributed by atoms with Crippen LogP contribution in [0.4, 0.5) is 0 Å². The molecular formula is C11H17ClO3S3. The third-order valence-electron chi connectivity index (χ3n) is 1.54. The maximum Gasteiger partial charge on any atom is 0.311 e. The molecule has 0 aliphatic rings. The highest BCUT2D eigenvalue weighted by Crippen LogP contribution is 2.21. The van der Waals surface area contributed by atoms with Gasteiger partial charge in [0.1, 0.15) is 0 Å². The Labute approximate surface area is 124 Å². The Bertz CT molecular complexity index is 379. The van der Waals surface area contributed by atoms with E-state index in [4.69, 9.17) is 16.3 Å². The van der Waals surface area contributed by atoms with Crippen molar-refractivity contribution in [3.63, 3.8) is 0 Å². The number of hydrogen-bond donors (Lipinski definition) is 0. The molecule has 1 aromatic heterocycles. The molecule has 0 saturated heterocycles. The van der Waals surface area contributed by atoms with E-state index >= 15 is 0 Å². The highest BCUT2D eigenvalue weighted by atomic mass is 35.5. The molecule has 7 heteroatoms. The van der Waals surface area contributed by atoms with Crippen LogP contribution in [0.5, 0.6) is 0 Å². The average Bonchev–Trinajstić information content (AvgIpc) is 2.64. The average molecular weight is 329 g/mol. The van der Waals surface area contributed by atoms with E-state index in [2.05, 4.69) is 0 Å². The molecule has 0 aliphatic heterocycles. The zero-order valence-electron chi connectivity index (χ0n) is 10.6. The predicted octanol–water partition coefficient (Wildman–Crippen LogP) is 3.19. The summed E-state index contributed by atoms with van der Waals surface area (Å²) in [6, 6.07) is 3.62. The first-order valence-corrected chi connectivity index (χ1v) is 9.50. The lowest BCUT2D eigenvalue weighted by molar-refractivity contribution is -0.142. The van der Waals surface area contributed by atoms with Gasteiger partial charge in [0.25, 0.3) is 0 Å². The Balaban J connectivity index is 0.000000411. The van der Waals surface area contributed by atoms with Gasteiger partial charge in [-0.05, 0) is 25.3 Å². The van der Waals surface area contributed by atoms with Crippen LogP contribution in [0.3, 0.4) is 0 Å². The predicted molar refractivity (Wildman–Crippen MR) is 82.1 cm³/mol. The topological polar surface area (TPSA) is 43.4 Å². The number of carbonyl (C=O) groups is 1. The Kier molecular flexibility index (Phi) is 10.8. The van der Waals surface area contributed by atoms with Gasteiger partial charge < -0.3 is 4.74 Å². The SMILES string of the molecule is CCOC(=O)Cc1ccc(Cl)s1.CSCS(C)=O. The van der Waals surface area contributed by atoms with Crippen LogP contribution in [0.15, 0.2) is 12.1 Å². The molecule has 0 spiro atoms. The van der Waals surface area contributed by atoms with Gasteiger partial charge in [-0.25, -0.2) is 0 Å². The molecule has 0 amide bonds. The quantitative estimate of drug-likeness (QED) is 0.779. The van der Waals surface area contributed by atoms with E-state index in [0.29, 0.717) is 17.4 Å².